The van der Waals surface area contributed by atoms with Crippen molar-refractivity contribution in [2.24, 2.45) is 5.73 Å². The van der Waals surface area contributed by atoms with Gasteiger partial charge in [-0.3, -0.25) is 0 Å². The molecule has 96 valence electrons. The summed E-state index contributed by atoms with van der Waals surface area (Å²) in [7, 11) is 1.69. The van der Waals surface area contributed by atoms with Gasteiger partial charge in [0.25, 0.3) is 0 Å². The van der Waals surface area contributed by atoms with Crippen molar-refractivity contribution in [2.45, 2.75) is 26.8 Å². The maximum absolute atomic E-state index is 6.29. The Balaban J connectivity index is 2.42. The maximum atomic E-state index is 6.29. The molecule has 0 fully saturated rings. The zero-order valence-electron chi connectivity index (χ0n) is 11.2. The van der Waals surface area contributed by atoms with Crippen LogP contribution in [0.15, 0.2) is 17.5 Å². The molecule has 0 aliphatic heterocycles. The lowest BCUT2D eigenvalue weighted by Gasteiger charge is -2.15. The minimum absolute atomic E-state index is 0.167. The van der Waals surface area contributed by atoms with Crippen LogP contribution in [0.5, 0.6) is 5.75 Å². The molecule has 0 amide bonds. The average Bonchev–Trinajstić information content (AvgIpc) is 2.77. The van der Waals surface area contributed by atoms with Gasteiger partial charge in [0.15, 0.2) is 0 Å². The smallest absolute Gasteiger partial charge is 0.122 e. The molecule has 0 aliphatic rings. The number of aromatic nitrogens is 1. The Hall–Kier alpha value is -1.39. The van der Waals surface area contributed by atoms with Crippen LogP contribution in [0, 0.1) is 20.8 Å². The van der Waals surface area contributed by atoms with Gasteiger partial charge >= 0.3 is 0 Å². The van der Waals surface area contributed by atoms with E-state index in [1.807, 2.05) is 25.3 Å². The highest BCUT2D eigenvalue weighted by Crippen LogP contribution is 2.29. The van der Waals surface area contributed by atoms with Crippen LogP contribution in [0.1, 0.15) is 33.4 Å². The predicted octanol–water partition coefficient (Wildman–Crippen LogP) is 3.13. The number of methoxy groups -OCH3 is 1. The van der Waals surface area contributed by atoms with E-state index in [0.717, 1.165) is 33.1 Å². The molecule has 0 radical (unpaired) electrons. The maximum Gasteiger partial charge on any atom is 0.122 e. The standard InChI is InChI=1S/C14H18N2OS/c1-8-6-13(17-4)9(2)5-11(8)14(15)12-7-18-10(3)16-12/h5-7,14H,15H2,1-4H3. The zero-order valence-corrected chi connectivity index (χ0v) is 12.0. The number of benzene rings is 1. The van der Waals surface area contributed by atoms with E-state index in [-0.39, 0.29) is 6.04 Å². The van der Waals surface area contributed by atoms with E-state index in [9.17, 15) is 0 Å². The monoisotopic (exact) mass is 262 g/mol. The number of rotatable bonds is 3. The summed E-state index contributed by atoms with van der Waals surface area (Å²) in [6, 6.07) is 3.96. The third kappa shape index (κ3) is 2.40. The summed E-state index contributed by atoms with van der Waals surface area (Å²) in [5, 5.41) is 3.07. The molecule has 0 bridgehead atoms. The molecule has 0 saturated heterocycles. The molecule has 0 aliphatic carbocycles. The van der Waals surface area contributed by atoms with Crippen molar-refractivity contribution in [2.75, 3.05) is 7.11 Å². The van der Waals surface area contributed by atoms with E-state index in [0.29, 0.717) is 0 Å². The van der Waals surface area contributed by atoms with E-state index in [2.05, 4.69) is 18.0 Å². The van der Waals surface area contributed by atoms with E-state index >= 15 is 0 Å². The Bertz CT molecular complexity index is 563. The lowest BCUT2D eigenvalue weighted by molar-refractivity contribution is 0.411. The Kier molecular flexibility index (Phi) is 3.68. The zero-order chi connectivity index (χ0) is 13.3. The van der Waals surface area contributed by atoms with Crippen molar-refractivity contribution in [1.29, 1.82) is 0 Å². The van der Waals surface area contributed by atoms with Gasteiger partial charge in [-0.05, 0) is 43.5 Å². The quantitative estimate of drug-likeness (QED) is 0.924. The van der Waals surface area contributed by atoms with E-state index in [4.69, 9.17) is 10.5 Å². The third-order valence-corrected chi connectivity index (χ3v) is 3.87. The Labute approximate surface area is 112 Å². The van der Waals surface area contributed by atoms with E-state index < -0.39 is 0 Å². The number of aryl methyl sites for hydroxylation is 3. The van der Waals surface area contributed by atoms with Crippen LogP contribution in [0.2, 0.25) is 0 Å². The summed E-state index contributed by atoms with van der Waals surface area (Å²) >= 11 is 1.63. The molecule has 1 heterocycles. The summed E-state index contributed by atoms with van der Waals surface area (Å²) in [5.74, 6) is 0.901. The second-order valence-corrected chi connectivity index (χ2v) is 5.51. The molecule has 2 N–H and O–H groups in total. The van der Waals surface area contributed by atoms with Crippen molar-refractivity contribution in [3.63, 3.8) is 0 Å². The molecular weight excluding hydrogens is 244 g/mol. The number of thiazole rings is 1. The van der Waals surface area contributed by atoms with Gasteiger partial charge < -0.3 is 10.5 Å². The highest BCUT2D eigenvalue weighted by Gasteiger charge is 2.16. The Morgan fingerprint density at radius 3 is 2.50 bits per heavy atom. The molecule has 1 atom stereocenters. The average molecular weight is 262 g/mol. The number of nitrogens with two attached hydrogens (primary N) is 1. The first kappa shape index (κ1) is 13.1. The van der Waals surface area contributed by atoms with Crippen molar-refractivity contribution in [3.8, 4) is 5.75 Å². The van der Waals surface area contributed by atoms with Gasteiger partial charge in [-0.15, -0.1) is 11.3 Å². The van der Waals surface area contributed by atoms with Crippen LogP contribution < -0.4 is 10.5 Å². The second kappa shape index (κ2) is 5.08. The molecule has 1 unspecified atom stereocenters. The summed E-state index contributed by atoms with van der Waals surface area (Å²) < 4.78 is 5.32. The summed E-state index contributed by atoms with van der Waals surface area (Å²) in [4.78, 5) is 4.46. The van der Waals surface area contributed by atoms with Crippen LogP contribution in [0.25, 0.3) is 0 Å². The van der Waals surface area contributed by atoms with Crippen molar-refractivity contribution in [1.82, 2.24) is 4.98 Å². The minimum atomic E-state index is -0.167. The topological polar surface area (TPSA) is 48.1 Å². The van der Waals surface area contributed by atoms with Crippen molar-refractivity contribution < 1.29 is 4.74 Å². The fourth-order valence-electron chi connectivity index (χ4n) is 2.05. The van der Waals surface area contributed by atoms with Gasteiger partial charge in [0, 0.05) is 5.38 Å². The van der Waals surface area contributed by atoms with Gasteiger partial charge in [0.05, 0.1) is 23.9 Å². The first-order chi connectivity index (χ1) is 8.52. The first-order valence-electron chi connectivity index (χ1n) is 5.85. The molecular formula is C14H18N2OS. The predicted molar refractivity (Wildman–Crippen MR) is 75.3 cm³/mol. The molecule has 1 aromatic heterocycles. The van der Waals surface area contributed by atoms with Gasteiger partial charge in [-0.1, -0.05) is 6.07 Å². The number of ether oxygens (including phenoxy) is 1. The highest BCUT2D eigenvalue weighted by molar-refractivity contribution is 7.09. The molecule has 3 nitrogen and oxygen atoms in total. The van der Waals surface area contributed by atoms with Crippen LogP contribution in [-0.2, 0) is 0 Å². The molecule has 1 aromatic carbocycles. The lowest BCUT2D eigenvalue weighted by atomic mass is 9.97. The van der Waals surface area contributed by atoms with Gasteiger partial charge in [-0.25, -0.2) is 4.98 Å². The van der Waals surface area contributed by atoms with Gasteiger partial charge in [0.2, 0.25) is 0 Å². The van der Waals surface area contributed by atoms with Crippen molar-refractivity contribution >= 4 is 11.3 Å². The normalized spacial score (nSPS) is 12.5. The Morgan fingerprint density at radius 2 is 1.94 bits per heavy atom. The number of hydrogen-bond acceptors (Lipinski definition) is 4. The summed E-state index contributed by atoms with van der Waals surface area (Å²) in [5.41, 5.74) is 10.6. The SMILES string of the molecule is COc1cc(C)c(C(N)c2csc(C)n2)cc1C. The first-order valence-corrected chi connectivity index (χ1v) is 6.73. The fourth-order valence-corrected chi connectivity index (χ4v) is 2.70. The second-order valence-electron chi connectivity index (χ2n) is 4.45. The number of nitrogens with zero attached hydrogens (tertiary/aromatic N) is 1. The van der Waals surface area contributed by atoms with Crippen LogP contribution in [0.3, 0.4) is 0 Å². The van der Waals surface area contributed by atoms with Crippen LogP contribution in [0.4, 0.5) is 0 Å². The summed E-state index contributed by atoms with van der Waals surface area (Å²) in [6.07, 6.45) is 0. The largest absolute Gasteiger partial charge is 0.496 e. The Morgan fingerprint density at radius 1 is 1.22 bits per heavy atom. The minimum Gasteiger partial charge on any atom is -0.496 e. The molecule has 0 saturated carbocycles. The summed E-state index contributed by atoms with van der Waals surface area (Å²) in [6.45, 7) is 6.07. The van der Waals surface area contributed by atoms with Crippen molar-refractivity contribution in [3.05, 3.63) is 44.9 Å². The van der Waals surface area contributed by atoms with Gasteiger partial charge in [-0.2, -0.15) is 0 Å². The van der Waals surface area contributed by atoms with Crippen LogP contribution >= 0.6 is 11.3 Å². The molecule has 2 rings (SSSR count). The number of hydrogen-bond donors (Lipinski definition) is 1. The fraction of sp³-hybridized carbons (Fsp3) is 0.357. The van der Waals surface area contributed by atoms with Crippen LogP contribution in [-0.4, -0.2) is 12.1 Å². The van der Waals surface area contributed by atoms with Gasteiger partial charge in [0.1, 0.15) is 5.75 Å². The lowest BCUT2D eigenvalue weighted by Crippen LogP contribution is -2.14. The molecule has 2 aromatic rings. The molecule has 4 heteroatoms. The van der Waals surface area contributed by atoms with E-state index in [1.54, 1.807) is 18.4 Å². The molecule has 0 spiro atoms. The molecule has 18 heavy (non-hydrogen) atoms. The highest BCUT2D eigenvalue weighted by atomic mass is 32.1. The van der Waals surface area contributed by atoms with E-state index in [1.165, 1.54) is 0 Å². The third-order valence-electron chi connectivity index (χ3n) is 3.07.